The van der Waals surface area contributed by atoms with Crippen molar-refractivity contribution in [2.45, 2.75) is 31.7 Å². The lowest BCUT2D eigenvalue weighted by molar-refractivity contribution is -0.125. The van der Waals surface area contributed by atoms with E-state index in [-0.39, 0.29) is 18.3 Å². The molecule has 0 aromatic heterocycles. The third-order valence-corrected chi connectivity index (χ3v) is 4.35. The van der Waals surface area contributed by atoms with Crippen molar-refractivity contribution in [2.75, 3.05) is 6.61 Å². The molecule has 2 aromatic carbocycles. The molecule has 1 aliphatic rings. The van der Waals surface area contributed by atoms with E-state index in [9.17, 15) is 9.18 Å². The standard InChI is InChI=1S/C19H20FNO2/c1-19(12-6-8-14-7-2-3-9-15(14)19)21-18(22)13-23-17-11-5-4-10-16(17)20/h2-5,7,9-11H,6,8,12-13H2,1H3,(H,21,22). The van der Waals surface area contributed by atoms with E-state index >= 15 is 0 Å². The summed E-state index contributed by atoms with van der Waals surface area (Å²) in [5, 5.41) is 3.05. The molecule has 0 saturated carbocycles. The summed E-state index contributed by atoms with van der Waals surface area (Å²) in [5.41, 5.74) is 2.03. The maximum atomic E-state index is 13.5. The summed E-state index contributed by atoms with van der Waals surface area (Å²) in [5.74, 6) is -0.612. The number of hydrogen-bond acceptors (Lipinski definition) is 2. The molecule has 1 atom stereocenters. The van der Waals surface area contributed by atoms with Gasteiger partial charge in [0.2, 0.25) is 0 Å². The van der Waals surface area contributed by atoms with E-state index in [1.165, 1.54) is 17.7 Å². The topological polar surface area (TPSA) is 38.3 Å². The van der Waals surface area contributed by atoms with E-state index in [2.05, 4.69) is 17.4 Å². The molecule has 2 aromatic rings. The van der Waals surface area contributed by atoms with Gasteiger partial charge in [-0.25, -0.2) is 4.39 Å². The van der Waals surface area contributed by atoms with Crippen LogP contribution in [0, 0.1) is 5.82 Å². The number of fused-ring (bicyclic) bond motifs is 1. The van der Waals surface area contributed by atoms with Gasteiger partial charge in [-0.1, -0.05) is 36.4 Å². The number of halogens is 1. The second-order valence-corrected chi connectivity index (χ2v) is 6.11. The van der Waals surface area contributed by atoms with Gasteiger partial charge < -0.3 is 10.1 Å². The Hall–Kier alpha value is -2.36. The first-order valence-electron chi connectivity index (χ1n) is 7.85. The average molecular weight is 313 g/mol. The molecule has 0 aliphatic heterocycles. The van der Waals surface area contributed by atoms with E-state index in [0.717, 1.165) is 24.8 Å². The lowest BCUT2D eigenvalue weighted by Gasteiger charge is -2.36. The van der Waals surface area contributed by atoms with Gasteiger partial charge >= 0.3 is 0 Å². The predicted octanol–water partition coefficient (Wildman–Crippen LogP) is 3.57. The van der Waals surface area contributed by atoms with E-state index in [1.54, 1.807) is 12.1 Å². The number of aryl methyl sites for hydroxylation is 1. The van der Waals surface area contributed by atoms with E-state index < -0.39 is 11.4 Å². The first kappa shape index (κ1) is 15.5. The minimum atomic E-state index is -0.463. The van der Waals surface area contributed by atoms with Crippen LogP contribution < -0.4 is 10.1 Å². The Balaban J connectivity index is 1.67. The highest BCUT2D eigenvalue weighted by Crippen LogP contribution is 2.34. The van der Waals surface area contributed by atoms with Gasteiger partial charge in [-0.05, 0) is 49.4 Å². The number of carbonyl (C=O) groups is 1. The SMILES string of the molecule is CC1(NC(=O)COc2ccccc2F)CCCc2ccccc21. The van der Waals surface area contributed by atoms with Crippen molar-refractivity contribution in [3.8, 4) is 5.75 Å². The highest BCUT2D eigenvalue weighted by Gasteiger charge is 2.33. The predicted molar refractivity (Wildman–Crippen MR) is 86.8 cm³/mol. The Morgan fingerprint density at radius 3 is 2.78 bits per heavy atom. The van der Waals surface area contributed by atoms with Crippen molar-refractivity contribution in [3.63, 3.8) is 0 Å². The Morgan fingerprint density at radius 2 is 1.96 bits per heavy atom. The van der Waals surface area contributed by atoms with E-state index in [4.69, 9.17) is 4.74 Å². The molecule has 0 heterocycles. The van der Waals surface area contributed by atoms with Crippen molar-refractivity contribution in [3.05, 3.63) is 65.5 Å². The van der Waals surface area contributed by atoms with Gasteiger partial charge in [0.1, 0.15) is 0 Å². The highest BCUT2D eigenvalue weighted by atomic mass is 19.1. The summed E-state index contributed by atoms with van der Waals surface area (Å²) < 4.78 is 18.8. The maximum Gasteiger partial charge on any atom is 0.258 e. The van der Waals surface area contributed by atoms with Gasteiger partial charge in [-0.15, -0.1) is 0 Å². The van der Waals surface area contributed by atoms with Crippen LogP contribution in [0.25, 0.3) is 0 Å². The second-order valence-electron chi connectivity index (χ2n) is 6.11. The minimum absolute atomic E-state index is 0.0943. The summed E-state index contributed by atoms with van der Waals surface area (Å²) in [6.45, 7) is 1.84. The number of rotatable bonds is 4. The fourth-order valence-electron chi connectivity index (χ4n) is 3.22. The number of amides is 1. The molecule has 0 spiro atoms. The Kier molecular flexibility index (Phi) is 4.33. The van der Waals surface area contributed by atoms with E-state index in [0.29, 0.717) is 0 Å². The van der Waals surface area contributed by atoms with Crippen molar-refractivity contribution in [1.29, 1.82) is 0 Å². The van der Waals surface area contributed by atoms with Gasteiger partial charge in [0.15, 0.2) is 18.2 Å². The fourth-order valence-corrected chi connectivity index (χ4v) is 3.22. The van der Waals surface area contributed by atoms with Gasteiger partial charge in [-0.2, -0.15) is 0 Å². The van der Waals surface area contributed by atoms with Gasteiger partial charge in [0.25, 0.3) is 5.91 Å². The maximum absolute atomic E-state index is 13.5. The molecule has 3 rings (SSSR count). The molecule has 0 fully saturated rings. The van der Waals surface area contributed by atoms with Crippen LogP contribution >= 0.6 is 0 Å². The largest absolute Gasteiger partial charge is 0.481 e. The summed E-state index contributed by atoms with van der Waals surface area (Å²) in [7, 11) is 0. The zero-order valence-corrected chi connectivity index (χ0v) is 13.1. The molecule has 1 amide bonds. The lowest BCUT2D eigenvalue weighted by Crippen LogP contribution is -2.47. The van der Waals surface area contributed by atoms with Crippen LogP contribution in [0.5, 0.6) is 5.75 Å². The van der Waals surface area contributed by atoms with Crippen molar-refractivity contribution < 1.29 is 13.9 Å². The molecule has 23 heavy (non-hydrogen) atoms. The zero-order chi connectivity index (χ0) is 16.3. The number of hydrogen-bond donors (Lipinski definition) is 1. The normalized spacial score (nSPS) is 19.7. The van der Waals surface area contributed by atoms with Crippen LogP contribution in [0.2, 0.25) is 0 Å². The third-order valence-electron chi connectivity index (χ3n) is 4.35. The van der Waals surface area contributed by atoms with Crippen LogP contribution in [-0.4, -0.2) is 12.5 Å². The molecular weight excluding hydrogens is 293 g/mol. The number of para-hydroxylation sites is 1. The Morgan fingerprint density at radius 1 is 1.22 bits per heavy atom. The average Bonchev–Trinajstić information content (AvgIpc) is 2.54. The number of carbonyl (C=O) groups excluding carboxylic acids is 1. The quantitative estimate of drug-likeness (QED) is 0.937. The van der Waals surface area contributed by atoms with Crippen LogP contribution in [0.4, 0.5) is 4.39 Å². The molecule has 1 N–H and O–H groups in total. The van der Waals surface area contributed by atoms with Crippen molar-refractivity contribution in [2.24, 2.45) is 0 Å². The summed E-state index contributed by atoms with van der Waals surface area (Å²) in [4.78, 5) is 12.3. The Bertz CT molecular complexity index is 716. The molecule has 0 saturated heterocycles. The summed E-state index contributed by atoms with van der Waals surface area (Å²) in [6, 6.07) is 14.3. The van der Waals surface area contributed by atoms with Crippen LogP contribution in [0.1, 0.15) is 30.9 Å². The fraction of sp³-hybridized carbons (Fsp3) is 0.316. The van der Waals surface area contributed by atoms with Gasteiger partial charge in [0.05, 0.1) is 5.54 Å². The molecule has 0 bridgehead atoms. The Labute approximate surface area is 135 Å². The van der Waals surface area contributed by atoms with Gasteiger partial charge in [0, 0.05) is 0 Å². The smallest absolute Gasteiger partial charge is 0.258 e. The first-order valence-corrected chi connectivity index (χ1v) is 7.85. The lowest BCUT2D eigenvalue weighted by atomic mass is 9.78. The number of benzene rings is 2. The van der Waals surface area contributed by atoms with Crippen molar-refractivity contribution >= 4 is 5.91 Å². The van der Waals surface area contributed by atoms with Gasteiger partial charge in [-0.3, -0.25) is 4.79 Å². The highest BCUT2D eigenvalue weighted by molar-refractivity contribution is 5.78. The minimum Gasteiger partial charge on any atom is -0.481 e. The number of ether oxygens (including phenoxy) is 1. The molecular formula is C19H20FNO2. The molecule has 1 unspecified atom stereocenters. The molecule has 120 valence electrons. The van der Waals surface area contributed by atoms with E-state index in [1.807, 2.05) is 19.1 Å². The van der Waals surface area contributed by atoms with Crippen LogP contribution in [-0.2, 0) is 16.8 Å². The molecule has 0 radical (unpaired) electrons. The molecule has 3 nitrogen and oxygen atoms in total. The zero-order valence-electron chi connectivity index (χ0n) is 13.1. The molecule has 1 aliphatic carbocycles. The van der Waals surface area contributed by atoms with Crippen molar-refractivity contribution in [1.82, 2.24) is 5.32 Å². The monoisotopic (exact) mass is 313 g/mol. The second kappa shape index (κ2) is 6.41. The van der Waals surface area contributed by atoms with Crippen LogP contribution in [0.15, 0.2) is 48.5 Å². The van der Waals surface area contributed by atoms with Crippen LogP contribution in [0.3, 0.4) is 0 Å². The molecule has 4 heteroatoms. The third kappa shape index (κ3) is 3.36. The number of nitrogens with one attached hydrogen (secondary N) is 1. The summed E-state index contributed by atoms with van der Waals surface area (Å²) in [6.07, 6.45) is 2.95. The first-order chi connectivity index (χ1) is 11.1. The summed E-state index contributed by atoms with van der Waals surface area (Å²) >= 11 is 0.